The van der Waals surface area contributed by atoms with Crippen LogP contribution in [0.2, 0.25) is 0 Å². The van der Waals surface area contributed by atoms with E-state index in [4.69, 9.17) is 14.2 Å². The molecular weight excluding hydrogens is 336 g/mol. The van der Waals surface area contributed by atoms with Crippen LogP contribution in [0.15, 0.2) is 47.1 Å². The van der Waals surface area contributed by atoms with Crippen LogP contribution in [0.5, 0.6) is 0 Å². The van der Waals surface area contributed by atoms with Gasteiger partial charge in [0.1, 0.15) is 18.3 Å². The Morgan fingerprint density at radius 3 is 2.65 bits per heavy atom. The Bertz CT molecular complexity index is 769. The SMILES string of the molecule is C=C1C(=O)O[C@@H]2/C=C(/C)C[C@@H]3C=C(C[C@H](OC(=O)/C(C)=C/C)[C@@H]12)C(=O)O3. The number of hydrogen-bond acceptors (Lipinski definition) is 6. The van der Waals surface area contributed by atoms with Crippen LogP contribution in [0, 0.1) is 5.92 Å². The second kappa shape index (κ2) is 6.94. The topological polar surface area (TPSA) is 78.9 Å². The van der Waals surface area contributed by atoms with Crippen molar-refractivity contribution in [1.82, 2.24) is 0 Å². The fourth-order valence-corrected chi connectivity index (χ4v) is 3.44. The van der Waals surface area contributed by atoms with Crippen molar-refractivity contribution in [2.75, 3.05) is 0 Å². The van der Waals surface area contributed by atoms with Gasteiger partial charge in [-0.15, -0.1) is 0 Å². The lowest BCUT2D eigenvalue weighted by Crippen LogP contribution is -2.34. The van der Waals surface area contributed by atoms with E-state index in [2.05, 4.69) is 6.58 Å². The van der Waals surface area contributed by atoms with Crippen LogP contribution >= 0.6 is 0 Å². The van der Waals surface area contributed by atoms with Gasteiger partial charge in [-0.25, -0.2) is 14.4 Å². The molecule has 2 heterocycles. The Kier molecular flexibility index (Phi) is 4.85. The van der Waals surface area contributed by atoms with Crippen molar-refractivity contribution in [3.63, 3.8) is 0 Å². The normalized spacial score (nSPS) is 33.5. The van der Waals surface area contributed by atoms with Crippen molar-refractivity contribution in [3.05, 3.63) is 47.1 Å². The smallest absolute Gasteiger partial charge is 0.334 e. The van der Waals surface area contributed by atoms with Gasteiger partial charge in [0.25, 0.3) is 0 Å². The molecule has 0 N–H and O–H groups in total. The highest BCUT2D eigenvalue weighted by Crippen LogP contribution is 2.38. The van der Waals surface area contributed by atoms with Gasteiger partial charge in [-0.2, -0.15) is 0 Å². The van der Waals surface area contributed by atoms with Gasteiger partial charge >= 0.3 is 17.9 Å². The maximum atomic E-state index is 12.3. The lowest BCUT2D eigenvalue weighted by Gasteiger charge is -2.26. The van der Waals surface area contributed by atoms with E-state index >= 15 is 0 Å². The van der Waals surface area contributed by atoms with Crippen molar-refractivity contribution >= 4 is 17.9 Å². The molecule has 0 unspecified atom stereocenters. The number of esters is 3. The molecule has 3 aliphatic rings. The molecule has 0 aromatic heterocycles. The fraction of sp³-hybridized carbons (Fsp3) is 0.450. The maximum Gasteiger partial charge on any atom is 0.334 e. The van der Waals surface area contributed by atoms with Crippen LogP contribution in [0.1, 0.15) is 33.6 Å². The van der Waals surface area contributed by atoms with Gasteiger partial charge < -0.3 is 14.2 Å². The van der Waals surface area contributed by atoms with Crippen molar-refractivity contribution < 1.29 is 28.6 Å². The third-order valence-corrected chi connectivity index (χ3v) is 4.98. The maximum absolute atomic E-state index is 12.3. The van der Waals surface area contributed by atoms with Gasteiger partial charge in [-0.1, -0.05) is 18.2 Å². The molecule has 6 nitrogen and oxygen atoms in total. The predicted molar refractivity (Wildman–Crippen MR) is 92.8 cm³/mol. The van der Waals surface area contributed by atoms with E-state index in [-0.39, 0.29) is 18.1 Å². The van der Waals surface area contributed by atoms with Crippen molar-refractivity contribution in [2.24, 2.45) is 5.92 Å². The second-order valence-corrected chi connectivity index (χ2v) is 6.89. The lowest BCUT2D eigenvalue weighted by molar-refractivity contribution is -0.148. The molecule has 0 saturated carbocycles. The van der Waals surface area contributed by atoms with Crippen LogP contribution in [0.3, 0.4) is 0 Å². The molecule has 1 saturated heterocycles. The molecule has 2 bridgehead atoms. The summed E-state index contributed by atoms with van der Waals surface area (Å²) >= 11 is 0. The lowest BCUT2D eigenvalue weighted by atomic mass is 9.85. The van der Waals surface area contributed by atoms with E-state index in [1.165, 1.54) is 0 Å². The van der Waals surface area contributed by atoms with Gasteiger partial charge in [-0.05, 0) is 32.9 Å². The molecule has 0 amide bonds. The van der Waals surface area contributed by atoms with Crippen LogP contribution in [0.4, 0.5) is 0 Å². The third kappa shape index (κ3) is 3.36. The molecular formula is C20H22O6. The molecule has 3 rings (SSSR count). The molecule has 0 aromatic carbocycles. The molecule has 0 spiro atoms. The average molecular weight is 358 g/mol. The van der Waals surface area contributed by atoms with Crippen molar-refractivity contribution in [2.45, 2.75) is 51.9 Å². The van der Waals surface area contributed by atoms with Crippen LogP contribution in [0.25, 0.3) is 0 Å². The summed E-state index contributed by atoms with van der Waals surface area (Å²) in [5.41, 5.74) is 2.07. The highest BCUT2D eigenvalue weighted by Gasteiger charge is 2.46. The first-order valence-corrected chi connectivity index (χ1v) is 8.62. The van der Waals surface area contributed by atoms with E-state index in [1.54, 1.807) is 26.0 Å². The Labute approximate surface area is 152 Å². The van der Waals surface area contributed by atoms with E-state index in [0.29, 0.717) is 17.6 Å². The van der Waals surface area contributed by atoms with E-state index in [9.17, 15) is 14.4 Å². The molecule has 138 valence electrons. The predicted octanol–water partition coefficient (Wildman–Crippen LogP) is 2.55. The van der Waals surface area contributed by atoms with Crippen LogP contribution in [-0.4, -0.2) is 36.2 Å². The van der Waals surface area contributed by atoms with Gasteiger partial charge in [0.05, 0.1) is 5.92 Å². The Balaban J connectivity index is 2.00. The molecule has 26 heavy (non-hydrogen) atoms. The molecule has 0 radical (unpaired) electrons. The quantitative estimate of drug-likeness (QED) is 0.327. The van der Waals surface area contributed by atoms with E-state index in [0.717, 1.165) is 5.57 Å². The minimum absolute atomic E-state index is 0.155. The third-order valence-electron chi connectivity index (χ3n) is 4.98. The molecule has 2 aliphatic heterocycles. The summed E-state index contributed by atoms with van der Waals surface area (Å²) in [6, 6.07) is 0. The summed E-state index contributed by atoms with van der Waals surface area (Å²) in [6.45, 7) is 9.10. The average Bonchev–Trinajstić information content (AvgIpc) is 3.04. The van der Waals surface area contributed by atoms with Crippen molar-refractivity contribution in [3.8, 4) is 0 Å². The molecule has 6 heteroatoms. The number of allylic oxidation sites excluding steroid dienone is 1. The number of fused-ring (bicyclic) bond motifs is 2. The Morgan fingerprint density at radius 2 is 1.96 bits per heavy atom. The zero-order chi connectivity index (χ0) is 19.0. The summed E-state index contributed by atoms with van der Waals surface area (Å²) in [4.78, 5) is 36.6. The summed E-state index contributed by atoms with van der Waals surface area (Å²) < 4.78 is 16.5. The Hall–Kier alpha value is -2.63. The first-order valence-electron chi connectivity index (χ1n) is 8.62. The monoisotopic (exact) mass is 358 g/mol. The van der Waals surface area contributed by atoms with E-state index in [1.807, 2.05) is 13.0 Å². The number of carbonyl (C=O) groups excluding carboxylic acids is 3. The first-order chi connectivity index (χ1) is 12.3. The number of carbonyl (C=O) groups is 3. The molecule has 1 fully saturated rings. The molecule has 4 atom stereocenters. The first kappa shape index (κ1) is 18.2. The molecule has 0 aromatic rings. The highest BCUT2D eigenvalue weighted by atomic mass is 16.6. The minimum Gasteiger partial charge on any atom is -0.458 e. The van der Waals surface area contributed by atoms with E-state index < -0.39 is 36.0 Å². The zero-order valence-electron chi connectivity index (χ0n) is 15.1. The standard InChI is InChI=1S/C20H22O6/c1-5-11(3)18(21)25-16-9-13-8-14(24-20(13)23)6-10(2)7-15-17(16)12(4)19(22)26-15/h5,7-8,14-17H,4,6,9H2,1-3H3/b10-7-,11-5+/t14-,15-,16+,17+/m1/s1. The summed E-state index contributed by atoms with van der Waals surface area (Å²) in [5, 5.41) is 0. The van der Waals surface area contributed by atoms with Crippen LogP contribution in [-0.2, 0) is 28.6 Å². The summed E-state index contributed by atoms with van der Waals surface area (Å²) in [7, 11) is 0. The molecule has 1 aliphatic carbocycles. The Morgan fingerprint density at radius 1 is 1.23 bits per heavy atom. The van der Waals surface area contributed by atoms with Gasteiger partial charge in [0, 0.05) is 29.6 Å². The fourth-order valence-electron chi connectivity index (χ4n) is 3.44. The highest BCUT2D eigenvalue weighted by molar-refractivity contribution is 5.93. The van der Waals surface area contributed by atoms with Crippen LogP contribution < -0.4 is 0 Å². The largest absolute Gasteiger partial charge is 0.458 e. The second-order valence-electron chi connectivity index (χ2n) is 6.89. The zero-order valence-corrected chi connectivity index (χ0v) is 15.1. The minimum atomic E-state index is -0.749. The number of hydrogen-bond donors (Lipinski definition) is 0. The summed E-state index contributed by atoms with van der Waals surface area (Å²) in [5.74, 6) is -1.96. The summed E-state index contributed by atoms with van der Waals surface area (Å²) in [6.07, 6.45) is 4.26. The van der Waals surface area contributed by atoms with Gasteiger partial charge in [0.2, 0.25) is 0 Å². The van der Waals surface area contributed by atoms with Gasteiger partial charge in [-0.3, -0.25) is 0 Å². The number of ether oxygens (including phenoxy) is 3. The van der Waals surface area contributed by atoms with Crippen molar-refractivity contribution in [1.29, 1.82) is 0 Å². The number of rotatable bonds is 2. The van der Waals surface area contributed by atoms with Gasteiger partial charge in [0.15, 0.2) is 0 Å².